The number of hydrogen-bond acceptors (Lipinski definition) is 19. The summed E-state index contributed by atoms with van der Waals surface area (Å²) in [5.74, 6) is 2.40. The Bertz CT molecular complexity index is 2320. The molecular weight excluding hydrogens is 805 g/mol. The van der Waals surface area contributed by atoms with Gasteiger partial charge in [-0.1, -0.05) is 28.3 Å². The molecule has 1 fully saturated rings. The molecule has 23 heteroatoms. The number of aliphatic carboxylic acids is 1. The number of thiazole rings is 1. The number of phenols is 2. The molecule has 6 rings (SSSR count). The second kappa shape index (κ2) is 16.7. The predicted octanol–water partition coefficient (Wildman–Crippen LogP) is 0.751. The maximum atomic E-state index is 13.9. The molecule has 3 atom stereocenters. The van der Waals surface area contributed by atoms with Crippen molar-refractivity contribution in [1.29, 1.82) is 0 Å². The number of fused-ring (bicyclic) bond motifs is 1. The van der Waals surface area contributed by atoms with Crippen molar-refractivity contribution in [2.24, 2.45) is 5.16 Å². The third-order valence-electron chi connectivity index (χ3n) is 8.64. The van der Waals surface area contributed by atoms with Gasteiger partial charge in [0.2, 0.25) is 17.7 Å². The average molecular weight is 840 g/mol. The van der Waals surface area contributed by atoms with E-state index in [1.807, 2.05) is 0 Å². The summed E-state index contributed by atoms with van der Waals surface area (Å²) in [5.41, 5.74) is 18.8. The van der Waals surface area contributed by atoms with Crippen molar-refractivity contribution in [2.75, 3.05) is 41.7 Å². The van der Waals surface area contributed by atoms with Crippen molar-refractivity contribution >= 4 is 81.1 Å². The Hall–Kier alpha value is -6.46. The monoisotopic (exact) mass is 839 g/mol. The fourth-order valence-corrected chi connectivity index (χ4v) is 8.46. The number of thioether (sulfide) groups is 2. The molecule has 0 radical (unpaired) electrons. The summed E-state index contributed by atoms with van der Waals surface area (Å²) in [6, 6.07) is 8.88. The molecule has 0 unspecified atom stereocenters. The van der Waals surface area contributed by atoms with E-state index in [9.17, 15) is 34.5 Å². The highest BCUT2D eigenvalue weighted by Gasteiger charge is 2.55. The zero-order chi connectivity index (χ0) is 41.1. The SMILES string of the molecule is COc1ccc(COC(=O)C2=C(CSc3nc(N)c(C)c(N)[n+]3N)CS[C@@H]3[C@H](NC(=O)/C(=N\O[C@H](C(=O)O)c4ccc(O)c(O)c4)c4csc(N)n4)C(=O)N23)cc1. The Kier molecular flexibility index (Phi) is 11.8. The summed E-state index contributed by atoms with van der Waals surface area (Å²) in [6.07, 6.45) is -1.84. The molecule has 0 saturated carbocycles. The highest BCUT2D eigenvalue weighted by Crippen LogP contribution is 2.42. The second-order valence-electron chi connectivity index (χ2n) is 12.3. The van der Waals surface area contributed by atoms with Gasteiger partial charge in [-0.25, -0.2) is 14.6 Å². The third kappa shape index (κ3) is 8.39. The second-order valence-corrected chi connectivity index (χ2v) is 15.2. The van der Waals surface area contributed by atoms with Gasteiger partial charge in [0.15, 0.2) is 22.3 Å². The maximum Gasteiger partial charge on any atom is 0.355 e. The van der Waals surface area contributed by atoms with E-state index >= 15 is 0 Å². The lowest BCUT2D eigenvalue weighted by atomic mass is 10.0. The first-order valence-corrected chi connectivity index (χ1v) is 19.4. The number of nitrogens with zero attached hydrogens (tertiary/aromatic N) is 5. The highest BCUT2D eigenvalue weighted by atomic mass is 32.2. The van der Waals surface area contributed by atoms with Gasteiger partial charge in [0.25, 0.3) is 11.8 Å². The highest BCUT2D eigenvalue weighted by molar-refractivity contribution is 8.01. The van der Waals surface area contributed by atoms with Gasteiger partial charge in [0.05, 0.1) is 12.7 Å². The van der Waals surface area contributed by atoms with Crippen LogP contribution in [0.4, 0.5) is 16.8 Å². The number of phenolic OH excluding ortho intramolecular Hbond substituents is 2. The van der Waals surface area contributed by atoms with E-state index in [-0.39, 0.29) is 57.0 Å². The van der Waals surface area contributed by atoms with Crippen molar-refractivity contribution in [1.82, 2.24) is 20.2 Å². The molecule has 2 aromatic heterocycles. The minimum absolute atomic E-state index is 0.0298. The predicted molar refractivity (Wildman–Crippen MR) is 208 cm³/mol. The van der Waals surface area contributed by atoms with Crippen molar-refractivity contribution in [3.8, 4) is 17.2 Å². The Morgan fingerprint density at radius 2 is 1.86 bits per heavy atom. The van der Waals surface area contributed by atoms with E-state index in [1.165, 1.54) is 39.9 Å². The molecule has 2 amide bonds. The molecule has 298 valence electrons. The van der Waals surface area contributed by atoms with Gasteiger partial charge in [-0.2, -0.15) is 0 Å². The molecule has 2 aliphatic heterocycles. The number of rotatable bonds is 14. The lowest BCUT2D eigenvalue weighted by Gasteiger charge is -2.49. The van der Waals surface area contributed by atoms with Crippen LogP contribution in [-0.2, 0) is 35.4 Å². The lowest BCUT2D eigenvalue weighted by molar-refractivity contribution is -0.667. The van der Waals surface area contributed by atoms with Crippen LogP contribution in [0.2, 0.25) is 0 Å². The molecule has 4 heterocycles. The number of carbonyl (C=O) groups excluding carboxylic acids is 3. The normalized spacial score (nSPS) is 17.0. The summed E-state index contributed by atoms with van der Waals surface area (Å²) in [6.45, 7) is 1.54. The van der Waals surface area contributed by atoms with Crippen molar-refractivity contribution in [3.63, 3.8) is 0 Å². The van der Waals surface area contributed by atoms with Gasteiger partial charge < -0.3 is 52.1 Å². The Morgan fingerprint density at radius 1 is 1.12 bits per heavy atom. The molecular formula is C34H35N10O10S3+. The largest absolute Gasteiger partial charge is 0.504 e. The number of nitrogens with two attached hydrogens (primary N) is 4. The van der Waals surface area contributed by atoms with Gasteiger partial charge in [-0.05, 0) is 54.1 Å². The van der Waals surface area contributed by atoms with Crippen molar-refractivity contribution in [2.45, 2.75) is 36.2 Å². The Morgan fingerprint density at radius 3 is 2.51 bits per heavy atom. The maximum absolute atomic E-state index is 13.9. The number of β-lactam (4-membered cyclic amide) rings is 1. The molecule has 4 aromatic rings. The van der Waals surface area contributed by atoms with Crippen LogP contribution in [0.15, 0.2) is 69.4 Å². The number of carbonyl (C=O) groups is 4. The number of benzene rings is 2. The fraction of sp³-hybridized carbons (Fsp3) is 0.235. The van der Waals surface area contributed by atoms with E-state index in [1.54, 1.807) is 31.2 Å². The first-order valence-electron chi connectivity index (χ1n) is 16.5. The van der Waals surface area contributed by atoms with Gasteiger partial charge in [-0.3, -0.25) is 20.3 Å². The van der Waals surface area contributed by atoms with E-state index in [2.05, 4.69) is 20.4 Å². The van der Waals surface area contributed by atoms with Crippen LogP contribution in [0.25, 0.3) is 0 Å². The van der Waals surface area contributed by atoms with Gasteiger partial charge in [0.1, 0.15) is 35.2 Å². The van der Waals surface area contributed by atoms with Crippen LogP contribution in [0.5, 0.6) is 17.2 Å². The summed E-state index contributed by atoms with van der Waals surface area (Å²) in [7, 11) is 1.52. The number of aromatic hydroxyl groups is 2. The fourth-order valence-electron chi connectivity index (χ4n) is 5.50. The van der Waals surface area contributed by atoms with Crippen molar-refractivity contribution in [3.05, 3.63) is 81.5 Å². The van der Waals surface area contributed by atoms with E-state index < -0.39 is 58.5 Å². The van der Waals surface area contributed by atoms with Crippen LogP contribution >= 0.6 is 34.9 Å². The third-order valence-corrected chi connectivity index (χ3v) is 11.7. The number of esters is 1. The first kappa shape index (κ1) is 40.2. The van der Waals surface area contributed by atoms with Gasteiger partial charge >= 0.3 is 17.1 Å². The quantitative estimate of drug-likeness (QED) is 0.00999. The number of hydrogen-bond donors (Lipinski definition) is 8. The van der Waals surface area contributed by atoms with Gasteiger partial charge in [-0.15, -0.1) is 27.8 Å². The molecule has 0 aliphatic carbocycles. The molecule has 2 aliphatic rings. The van der Waals surface area contributed by atoms with E-state index in [4.69, 9.17) is 37.4 Å². The molecule has 0 spiro atoms. The number of oxime groups is 1. The molecule has 20 nitrogen and oxygen atoms in total. The van der Waals surface area contributed by atoms with Crippen molar-refractivity contribution < 1.29 is 53.5 Å². The number of amides is 2. The first-order chi connectivity index (χ1) is 27.2. The summed E-state index contributed by atoms with van der Waals surface area (Å²) >= 11 is 3.36. The zero-order valence-electron chi connectivity index (χ0n) is 29.9. The van der Waals surface area contributed by atoms with Crippen LogP contribution in [-0.4, -0.2) is 89.7 Å². The number of aromatic nitrogens is 3. The van der Waals surface area contributed by atoms with Crippen LogP contribution in [0.3, 0.4) is 0 Å². The van der Waals surface area contributed by atoms with Crippen LogP contribution in [0.1, 0.15) is 28.5 Å². The summed E-state index contributed by atoms with van der Waals surface area (Å²) < 4.78 is 12.0. The smallest absolute Gasteiger partial charge is 0.355 e. The Balaban J connectivity index is 1.25. The van der Waals surface area contributed by atoms with E-state index in [0.29, 0.717) is 22.4 Å². The minimum Gasteiger partial charge on any atom is -0.504 e. The van der Waals surface area contributed by atoms with Crippen LogP contribution < -0.4 is 37.8 Å². The minimum atomic E-state index is -1.84. The topological polar surface area (TPSA) is 318 Å². The number of methoxy groups -OCH3 is 1. The molecule has 2 aromatic carbocycles. The van der Waals surface area contributed by atoms with E-state index in [0.717, 1.165) is 35.2 Å². The number of carboxylic acids is 1. The summed E-state index contributed by atoms with van der Waals surface area (Å²) in [4.78, 5) is 68.5. The zero-order valence-corrected chi connectivity index (χ0v) is 32.4. The molecule has 0 bridgehead atoms. The van der Waals surface area contributed by atoms with Gasteiger partial charge in [0, 0.05) is 22.4 Å². The number of ether oxygens (including phenoxy) is 2. The lowest BCUT2D eigenvalue weighted by Crippen LogP contribution is -2.71. The summed E-state index contributed by atoms with van der Waals surface area (Å²) in [5, 5.41) is 36.7. The molecule has 57 heavy (non-hydrogen) atoms. The van der Waals surface area contributed by atoms with Crippen LogP contribution in [0, 0.1) is 6.92 Å². The Labute approximate surface area is 335 Å². The number of anilines is 3. The average Bonchev–Trinajstić information content (AvgIpc) is 3.63. The number of carboxylic acid groups (broad SMARTS) is 1. The molecule has 12 N–H and O–H groups in total. The number of nitrogens with one attached hydrogen (secondary N) is 1. The number of nitrogen functional groups attached to an aromatic ring is 4. The standard InChI is InChI=1S/C34H34N10O10S3/c1-14-26(35)41-34(44(38)27(14)36)57-12-17-11-55-30-23(29(48)43(30)24(17)32(51)53-10-15-3-6-18(52-2)7-4-15)40-28(47)22(19-13-56-33(37)39-19)42-54-25(31(49)50)16-5-8-20(45)21(46)9-16/h3-9,13,23,25,30H,10-12,38H2,1-2H3,(H9,35,36,37,39,40,42,45,46,47,49,50)/p+1/t23-,25+,30-/m1/s1. The molecule has 1 saturated heterocycles.